The van der Waals surface area contributed by atoms with E-state index in [4.69, 9.17) is 4.74 Å². The molecule has 0 aliphatic carbocycles. The van der Waals surface area contributed by atoms with Crippen LogP contribution < -0.4 is 4.74 Å². The summed E-state index contributed by atoms with van der Waals surface area (Å²) in [4.78, 5) is 15.2. The number of piperidine rings is 1. The van der Waals surface area contributed by atoms with Gasteiger partial charge in [-0.15, -0.1) is 0 Å². The van der Waals surface area contributed by atoms with Crippen LogP contribution >= 0.6 is 0 Å². The molecule has 6 heteroatoms. The minimum Gasteiger partial charge on any atom is -0.485 e. The number of hydrogen-bond donors (Lipinski definition) is 0. The second kappa shape index (κ2) is 8.84. The number of hydrogen-bond acceptors (Lipinski definition) is 5. The van der Waals surface area contributed by atoms with Gasteiger partial charge < -0.3 is 9.64 Å². The number of rotatable bonds is 8. The van der Waals surface area contributed by atoms with E-state index >= 15 is 0 Å². The maximum absolute atomic E-state index is 10.9. The first-order valence-electron chi connectivity index (χ1n) is 8.29. The Kier molecular flexibility index (Phi) is 6.80. The third kappa shape index (κ3) is 5.80. The van der Waals surface area contributed by atoms with Gasteiger partial charge in [0.2, 0.25) is 0 Å². The molecule has 0 saturated carbocycles. The molecule has 1 aromatic rings. The van der Waals surface area contributed by atoms with Crippen molar-refractivity contribution in [2.75, 3.05) is 46.9 Å². The lowest BCUT2D eigenvalue weighted by molar-refractivity contribution is -0.385. The summed E-state index contributed by atoms with van der Waals surface area (Å²) >= 11 is 0. The maximum Gasteiger partial charge on any atom is 0.310 e. The molecule has 1 aromatic carbocycles. The van der Waals surface area contributed by atoms with E-state index in [-0.39, 0.29) is 5.69 Å². The first-order chi connectivity index (χ1) is 11.1. The van der Waals surface area contributed by atoms with E-state index in [0.29, 0.717) is 12.4 Å². The third-order valence-electron chi connectivity index (χ3n) is 4.42. The molecule has 0 bridgehead atoms. The molecule has 0 N–H and O–H groups in total. The van der Waals surface area contributed by atoms with Crippen LogP contribution in [0.1, 0.15) is 19.3 Å². The number of ether oxygens (including phenoxy) is 1. The van der Waals surface area contributed by atoms with Gasteiger partial charge in [-0.05, 0) is 65.0 Å². The number of nitro groups is 1. The largest absolute Gasteiger partial charge is 0.485 e. The topological polar surface area (TPSA) is 58.8 Å². The number of nitrogens with zero attached hydrogens (tertiary/aromatic N) is 3. The first kappa shape index (κ1) is 17.7. The van der Waals surface area contributed by atoms with Crippen molar-refractivity contribution in [2.45, 2.75) is 19.3 Å². The summed E-state index contributed by atoms with van der Waals surface area (Å²) in [6.07, 6.45) is 3.74. The molecule has 0 atom stereocenters. The molecule has 0 spiro atoms. The van der Waals surface area contributed by atoms with E-state index in [1.165, 1.54) is 25.3 Å². The molecule has 0 unspecified atom stereocenters. The molecular formula is C17H27N3O3. The van der Waals surface area contributed by atoms with Crippen molar-refractivity contribution in [3.8, 4) is 5.75 Å². The summed E-state index contributed by atoms with van der Waals surface area (Å²) in [5, 5.41) is 10.9. The lowest BCUT2D eigenvalue weighted by Gasteiger charge is -2.32. The minimum atomic E-state index is -0.397. The predicted octanol–water partition coefficient (Wildman–Crippen LogP) is 2.64. The standard InChI is InChI=1S/C17H27N3O3/c1-18(2)10-7-15-8-11-19(12-9-15)13-14-23-17-6-4-3-5-16(17)20(21)22/h3-6,15H,7-14H2,1-2H3. The highest BCUT2D eigenvalue weighted by atomic mass is 16.6. The van der Waals surface area contributed by atoms with Gasteiger partial charge in [0.1, 0.15) is 6.61 Å². The SMILES string of the molecule is CN(C)CCC1CCN(CCOc2ccccc2[N+](=O)[O-])CC1. The first-order valence-corrected chi connectivity index (χ1v) is 8.29. The number of nitro benzene ring substituents is 1. The molecule has 1 aliphatic rings. The molecule has 1 fully saturated rings. The van der Waals surface area contributed by atoms with Crippen molar-refractivity contribution in [2.24, 2.45) is 5.92 Å². The van der Waals surface area contributed by atoms with Crippen LogP contribution in [0.25, 0.3) is 0 Å². The average Bonchev–Trinajstić information content (AvgIpc) is 2.54. The Balaban J connectivity index is 1.69. The van der Waals surface area contributed by atoms with E-state index in [1.807, 2.05) is 0 Å². The highest BCUT2D eigenvalue weighted by Crippen LogP contribution is 2.26. The Morgan fingerprint density at radius 3 is 2.65 bits per heavy atom. The fourth-order valence-corrected chi connectivity index (χ4v) is 2.95. The van der Waals surface area contributed by atoms with Crippen LogP contribution in [0.5, 0.6) is 5.75 Å². The molecule has 1 aliphatic heterocycles. The third-order valence-corrected chi connectivity index (χ3v) is 4.42. The summed E-state index contributed by atoms with van der Waals surface area (Å²) in [5.41, 5.74) is 0.0369. The smallest absolute Gasteiger partial charge is 0.310 e. The number of likely N-dealkylation sites (tertiary alicyclic amines) is 1. The molecule has 128 valence electrons. The Morgan fingerprint density at radius 1 is 1.30 bits per heavy atom. The van der Waals surface area contributed by atoms with Gasteiger partial charge in [0.15, 0.2) is 5.75 Å². The Bertz CT molecular complexity index is 500. The molecule has 1 saturated heterocycles. The van der Waals surface area contributed by atoms with Gasteiger partial charge in [-0.25, -0.2) is 0 Å². The molecule has 6 nitrogen and oxygen atoms in total. The zero-order valence-corrected chi connectivity index (χ0v) is 14.1. The van der Waals surface area contributed by atoms with Crippen molar-refractivity contribution in [3.63, 3.8) is 0 Å². The van der Waals surface area contributed by atoms with Gasteiger partial charge >= 0.3 is 5.69 Å². The van der Waals surface area contributed by atoms with Crippen LogP contribution in [-0.4, -0.2) is 61.6 Å². The Hall–Kier alpha value is -1.66. The van der Waals surface area contributed by atoms with Crippen molar-refractivity contribution in [3.05, 3.63) is 34.4 Å². The second-order valence-electron chi connectivity index (χ2n) is 6.45. The zero-order valence-electron chi connectivity index (χ0n) is 14.1. The van der Waals surface area contributed by atoms with Crippen LogP contribution in [0, 0.1) is 16.0 Å². The maximum atomic E-state index is 10.9. The molecule has 1 heterocycles. The molecule has 0 radical (unpaired) electrons. The van der Waals surface area contributed by atoms with Gasteiger partial charge in [-0.3, -0.25) is 15.0 Å². The van der Waals surface area contributed by atoms with Crippen LogP contribution in [0.2, 0.25) is 0 Å². The Morgan fingerprint density at radius 2 is 2.00 bits per heavy atom. The summed E-state index contributed by atoms with van der Waals surface area (Å²) in [6.45, 7) is 4.67. The average molecular weight is 321 g/mol. The lowest BCUT2D eigenvalue weighted by Crippen LogP contribution is -2.37. The van der Waals surface area contributed by atoms with Crippen LogP contribution in [0.4, 0.5) is 5.69 Å². The van der Waals surface area contributed by atoms with Crippen LogP contribution in [0.3, 0.4) is 0 Å². The van der Waals surface area contributed by atoms with Gasteiger partial charge in [-0.2, -0.15) is 0 Å². The number of para-hydroxylation sites is 2. The van der Waals surface area contributed by atoms with Gasteiger partial charge in [0, 0.05) is 12.6 Å². The van der Waals surface area contributed by atoms with E-state index in [2.05, 4.69) is 23.9 Å². The molecule has 0 amide bonds. The van der Waals surface area contributed by atoms with E-state index < -0.39 is 4.92 Å². The Labute approximate surface area is 138 Å². The van der Waals surface area contributed by atoms with E-state index in [0.717, 1.165) is 32.1 Å². The summed E-state index contributed by atoms with van der Waals surface area (Å²) < 4.78 is 5.62. The normalized spacial score (nSPS) is 16.7. The van der Waals surface area contributed by atoms with E-state index in [9.17, 15) is 10.1 Å². The van der Waals surface area contributed by atoms with E-state index in [1.54, 1.807) is 18.2 Å². The van der Waals surface area contributed by atoms with Crippen molar-refractivity contribution in [1.29, 1.82) is 0 Å². The highest BCUT2D eigenvalue weighted by molar-refractivity contribution is 5.45. The predicted molar refractivity (Wildman–Crippen MR) is 90.9 cm³/mol. The molecule has 0 aromatic heterocycles. The fraction of sp³-hybridized carbons (Fsp3) is 0.647. The zero-order chi connectivity index (χ0) is 16.7. The molecular weight excluding hydrogens is 294 g/mol. The summed E-state index contributed by atoms with van der Waals surface area (Å²) in [7, 11) is 4.24. The molecule has 23 heavy (non-hydrogen) atoms. The second-order valence-corrected chi connectivity index (χ2v) is 6.45. The van der Waals surface area contributed by atoms with Crippen molar-refractivity contribution in [1.82, 2.24) is 9.80 Å². The minimum absolute atomic E-state index is 0.0369. The van der Waals surface area contributed by atoms with Crippen LogP contribution in [-0.2, 0) is 0 Å². The highest BCUT2D eigenvalue weighted by Gasteiger charge is 2.19. The summed E-state index contributed by atoms with van der Waals surface area (Å²) in [5.74, 6) is 1.18. The lowest BCUT2D eigenvalue weighted by atomic mass is 9.93. The number of benzene rings is 1. The van der Waals surface area contributed by atoms with Crippen molar-refractivity contribution < 1.29 is 9.66 Å². The molecule has 2 rings (SSSR count). The fourth-order valence-electron chi connectivity index (χ4n) is 2.95. The van der Waals surface area contributed by atoms with Gasteiger partial charge in [0.05, 0.1) is 4.92 Å². The van der Waals surface area contributed by atoms with Gasteiger partial charge in [-0.1, -0.05) is 12.1 Å². The summed E-state index contributed by atoms with van der Waals surface area (Å²) in [6, 6.07) is 6.55. The monoisotopic (exact) mass is 321 g/mol. The van der Waals surface area contributed by atoms with Gasteiger partial charge in [0.25, 0.3) is 0 Å². The quantitative estimate of drug-likeness (QED) is 0.544. The van der Waals surface area contributed by atoms with Crippen molar-refractivity contribution >= 4 is 5.69 Å². The van der Waals surface area contributed by atoms with Crippen LogP contribution in [0.15, 0.2) is 24.3 Å².